The number of amides is 1. The summed E-state index contributed by atoms with van der Waals surface area (Å²) in [5.74, 6) is -1.11. The van der Waals surface area contributed by atoms with Crippen LogP contribution in [0.25, 0.3) is 0 Å². The van der Waals surface area contributed by atoms with Crippen molar-refractivity contribution in [1.82, 2.24) is 4.90 Å². The molecule has 18 heavy (non-hydrogen) atoms. The predicted octanol–water partition coefficient (Wildman–Crippen LogP) is 1.19. The Hall–Kier alpha value is -1.11. The molecule has 1 amide bonds. The van der Waals surface area contributed by atoms with Crippen LogP contribution in [0.3, 0.4) is 0 Å². The number of rotatable bonds is 5. The van der Waals surface area contributed by atoms with Crippen molar-refractivity contribution in [3.63, 3.8) is 0 Å². The van der Waals surface area contributed by atoms with E-state index in [9.17, 15) is 14.3 Å². The highest BCUT2D eigenvalue weighted by atomic mass is 32.1. The summed E-state index contributed by atoms with van der Waals surface area (Å²) in [5.41, 5.74) is -0.0605. The molecule has 0 aliphatic rings. The lowest BCUT2D eigenvalue weighted by Gasteiger charge is -2.20. The van der Waals surface area contributed by atoms with Crippen LogP contribution in [-0.2, 0) is 4.74 Å². The van der Waals surface area contributed by atoms with E-state index in [4.69, 9.17) is 4.74 Å². The Bertz CT molecular complexity index is 428. The average molecular weight is 273 g/mol. The fraction of sp³-hybridized carbons (Fsp3) is 0.417. The first kappa shape index (κ1) is 14.9. The summed E-state index contributed by atoms with van der Waals surface area (Å²) in [6.45, 7) is 0.190. The smallest absolute Gasteiger partial charge is 0.256 e. The zero-order valence-electron chi connectivity index (χ0n) is 10.3. The van der Waals surface area contributed by atoms with Crippen LogP contribution in [0.2, 0.25) is 0 Å². The van der Waals surface area contributed by atoms with Crippen molar-refractivity contribution in [2.45, 2.75) is 11.0 Å². The van der Waals surface area contributed by atoms with Crippen LogP contribution in [0.5, 0.6) is 0 Å². The zero-order valence-corrected chi connectivity index (χ0v) is 11.2. The second kappa shape index (κ2) is 6.72. The first-order chi connectivity index (χ1) is 8.45. The molecule has 100 valence electrons. The van der Waals surface area contributed by atoms with Crippen LogP contribution < -0.4 is 0 Å². The standard InChI is InChI=1S/C12H16FNO3S/c1-14(6-8(15)7-17-2)12(16)10-5-9(18)3-4-11(10)13/h3-5,8,15,18H,6-7H2,1-2H3. The highest BCUT2D eigenvalue weighted by molar-refractivity contribution is 7.80. The molecule has 0 aromatic heterocycles. The number of likely N-dealkylation sites (N-methyl/N-ethyl adjacent to an activating group) is 1. The molecule has 1 aromatic carbocycles. The van der Waals surface area contributed by atoms with E-state index < -0.39 is 17.8 Å². The van der Waals surface area contributed by atoms with Gasteiger partial charge in [-0.3, -0.25) is 4.79 Å². The molecule has 1 rings (SSSR count). The number of aliphatic hydroxyl groups is 1. The second-order valence-electron chi connectivity index (χ2n) is 3.96. The lowest BCUT2D eigenvalue weighted by Crippen LogP contribution is -2.36. The number of carbonyl (C=O) groups is 1. The molecular formula is C12H16FNO3S. The van der Waals surface area contributed by atoms with Gasteiger partial charge in [0.25, 0.3) is 5.91 Å². The van der Waals surface area contributed by atoms with Crippen molar-refractivity contribution in [3.05, 3.63) is 29.6 Å². The molecule has 0 radical (unpaired) electrons. The minimum Gasteiger partial charge on any atom is -0.389 e. The minimum absolute atomic E-state index is 0.0605. The maximum Gasteiger partial charge on any atom is 0.256 e. The Kier molecular flexibility index (Phi) is 5.58. The first-order valence-corrected chi connectivity index (χ1v) is 5.81. The van der Waals surface area contributed by atoms with Crippen LogP contribution in [-0.4, -0.2) is 49.3 Å². The first-order valence-electron chi connectivity index (χ1n) is 5.36. The van der Waals surface area contributed by atoms with E-state index in [0.717, 1.165) is 0 Å². The van der Waals surface area contributed by atoms with E-state index in [1.807, 2.05) is 0 Å². The SMILES string of the molecule is COCC(O)CN(C)C(=O)c1cc(S)ccc1F. The topological polar surface area (TPSA) is 49.8 Å². The molecule has 0 saturated heterocycles. The molecule has 0 saturated carbocycles. The van der Waals surface area contributed by atoms with Crippen molar-refractivity contribution in [1.29, 1.82) is 0 Å². The number of nitrogens with zero attached hydrogens (tertiary/aromatic N) is 1. The summed E-state index contributed by atoms with van der Waals surface area (Å²) in [6, 6.07) is 4.02. The summed E-state index contributed by atoms with van der Waals surface area (Å²) in [6.07, 6.45) is -0.800. The summed E-state index contributed by atoms with van der Waals surface area (Å²) >= 11 is 4.06. The number of carbonyl (C=O) groups excluding carboxylic acids is 1. The predicted molar refractivity (Wildman–Crippen MR) is 68.5 cm³/mol. The Balaban J connectivity index is 2.77. The van der Waals surface area contributed by atoms with Crippen molar-refractivity contribution < 1.29 is 19.0 Å². The molecule has 1 aromatic rings. The molecule has 1 N–H and O–H groups in total. The van der Waals surface area contributed by atoms with Gasteiger partial charge in [0, 0.05) is 25.6 Å². The van der Waals surface area contributed by atoms with Gasteiger partial charge in [0.15, 0.2) is 0 Å². The van der Waals surface area contributed by atoms with Crippen molar-refractivity contribution in [2.75, 3.05) is 27.3 Å². The van der Waals surface area contributed by atoms with E-state index in [-0.39, 0.29) is 18.7 Å². The van der Waals surface area contributed by atoms with E-state index in [1.165, 1.54) is 37.3 Å². The molecule has 0 spiro atoms. The Morgan fingerprint density at radius 1 is 1.61 bits per heavy atom. The molecule has 4 nitrogen and oxygen atoms in total. The van der Waals surface area contributed by atoms with Gasteiger partial charge in [0.1, 0.15) is 5.82 Å². The number of ether oxygens (including phenoxy) is 1. The van der Waals surface area contributed by atoms with Gasteiger partial charge in [-0.15, -0.1) is 12.6 Å². The Morgan fingerprint density at radius 3 is 2.89 bits per heavy atom. The fourth-order valence-corrected chi connectivity index (χ4v) is 1.73. The van der Waals surface area contributed by atoms with Crippen molar-refractivity contribution >= 4 is 18.5 Å². The van der Waals surface area contributed by atoms with Gasteiger partial charge < -0.3 is 14.7 Å². The van der Waals surface area contributed by atoms with Gasteiger partial charge in [-0.25, -0.2) is 4.39 Å². The number of aliphatic hydroxyl groups excluding tert-OH is 1. The van der Waals surface area contributed by atoms with Crippen molar-refractivity contribution in [2.24, 2.45) is 0 Å². The van der Waals surface area contributed by atoms with Crippen LogP contribution >= 0.6 is 12.6 Å². The molecule has 0 bridgehead atoms. The second-order valence-corrected chi connectivity index (χ2v) is 4.48. The largest absolute Gasteiger partial charge is 0.389 e. The molecule has 1 atom stereocenters. The van der Waals surface area contributed by atoms with E-state index in [1.54, 1.807) is 0 Å². The van der Waals surface area contributed by atoms with Gasteiger partial charge in [-0.05, 0) is 18.2 Å². The number of thiol groups is 1. The van der Waals surface area contributed by atoms with Gasteiger partial charge >= 0.3 is 0 Å². The summed E-state index contributed by atoms with van der Waals surface area (Å²) < 4.78 is 18.3. The van der Waals surface area contributed by atoms with Gasteiger partial charge in [0.05, 0.1) is 18.3 Å². The number of hydrogen-bond acceptors (Lipinski definition) is 4. The van der Waals surface area contributed by atoms with Gasteiger partial charge in [-0.2, -0.15) is 0 Å². The highest BCUT2D eigenvalue weighted by Gasteiger charge is 2.18. The molecule has 6 heteroatoms. The molecular weight excluding hydrogens is 257 g/mol. The summed E-state index contributed by atoms with van der Waals surface area (Å²) in [5, 5.41) is 9.51. The summed E-state index contributed by atoms with van der Waals surface area (Å²) in [7, 11) is 2.95. The van der Waals surface area contributed by atoms with E-state index in [0.29, 0.717) is 4.90 Å². The van der Waals surface area contributed by atoms with Crippen LogP contribution in [0.15, 0.2) is 23.1 Å². The van der Waals surface area contributed by atoms with Crippen LogP contribution in [0.1, 0.15) is 10.4 Å². The van der Waals surface area contributed by atoms with Gasteiger partial charge in [0.2, 0.25) is 0 Å². The minimum atomic E-state index is -0.800. The lowest BCUT2D eigenvalue weighted by molar-refractivity contribution is 0.0378. The fourth-order valence-electron chi connectivity index (χ4n) is 1.53. The lowest BCUT2D eigenvalue weighted by atomic mass is 10.2. The van der Waals surface area contributed by atoms with E-state index in [2.05, 4.69) is 12.6 Å². The number of hydrogen-bond donors (Lipinski definition) is 2. The molecule has 0 heterocycles. The van der Waals surface area contributed by atoms with Crippen molar-refractivity contribution in [3.8, 4) is 0 Å². The Morgan fingerprint density at radius 2 is 2.28 bits per heavy atom. The quantitative estimate of drug-likeness (QED) is 0.792. The third-order valence-electron chi connectivity index (χ3n) is 2.37. The number of halogens is 1. The average Bonchev–Trinajstić information content (AvgIpc) is 2.31. The Labute approximate surface area is 111 Å². The molecule has 0 aliphatic heterocycles. The third-order valence-corrected chi connectivity index (χ3v) is 2.65. The zero-order chi connectivity index (χ0) is 13.7. The number of methoxy groups -OCH3 is 1. The maximum atomic E-state index is 13.5. The molecule has 0 fully saturated rings. The highest BCUT2D eigenvalue weighted by Crippen LogP contribution is 2.15. The third kappa shape index (κ3) is 3.97. The maximum absolute atomic E-state index is 13.5. The van der Waals surface area contributed by atoms with Crippen LogP contribution in [0.4, 0.5) is 4.39 Å². The molecule has 1 unspecified atom stereocenters. The monoisotopic (exact) mass is 273 g/mol. The number of benzene rings is 1. The molecule has 0 aliphatic carbocycles. The van der Waals surface area contributed by atoms with E-state index >= 15 is 0 Å². The summed E-state index contributed by atoms with van der Waals surface area (Å²) in [4.78, 5) is 13.7. The normalized spacial score (nSPS) is 12.3. The van der Waals surface area contributed by atoms with Gasteiger partial charge in [-0.1, -0.05) is 0 Å². The van der Waals surface area contributed by atoms with Crippen LogP contribution in [0, 0.1) is 5.82 Å².